The molecule has 4 nitrogen and oxygen atoms in total. The molecule has 0 aliphatic heterocycles. The summed E-state index contributed by atoms with van der Waals surface area (Å²) in [6.45, 7) is 0.0687. The summed E-state index contributed by atoms with van der Waals surface area (Å²) < 4.78 is 0. The highest BCUT2D eigenvalue weighted by molar-refractivity contribution is 6.35. The van der Waals surface area contributed by atoms with Crippen molar-refractivity contribution in [3.05, 3.63) is 129 Å². The van der Waals surface area contributed by atoms with E-state index in [9.17, 15) is 14.7 Å². The number of hydrogen-bond donors (Lipinski definition) is 1. The fraction of sp³-hybridized carbons (Fsp3) is 0.103. The van der Waals surface area contributed by atoms with Crippen LogP contribution in [0.25, 0.3) is 11.1 Å². The number of aliphatic carboxylic acids is 1. The zero-order chi connectivity index (χ0) is 25.7. The van der Waals surface area contributed by atoms with Gasteiger partial charge < -0.3 is 10.0 Å². The van der Waals surface area contributed by atoms with Gasteiger partial charge in [-0.1, -0.05) is 102 Å². The first kappa shape index (κ1) is 25.8. The third-order valence-corrected chi connectivity index (χ3v) is 6.48. The van der Waals surface area contributed by atoms with Crippen molar-refractivity contribution in [3.8, 4) is 11.1 Å². The van der Waals surface area contributed by atoms with E-state index in [1.54, 1.807) is 24.3 Å². The van der Waals surface area contributed by atoms with Gasteiger partial charge in [-0.15, -0.1) is 0 Å². The molecule has 1 amide bonds. The lowest BCUT2D eigenvalue weighted by Gasteiger charge is -2.30. The van der Waals surface area contributed by atoms with Crippen LogP contribution in [0.1, 0.15) is 21.5 Å². The van der Waals surface area contributed by atoms with E-state index >= 15 is 0 Å². The lowest BCUT2D eigenvalue weighted by Crippen LogP contribution is -2.46. The van der Waals surface area contributed by atoms with Crippen molar-refractivity contribution in [3.63, 3.8) is 0 Å². The molecule has 0 saturated carbocycles. The Morgan fingerprint density at radius 2 is 1.25 bits per heavy atom. The van der Waals surface area contributed by atoms with Gasteiger partial charge in [0.05, 0.1) is 0 Å². The normalized spacial score (nSPS) is 11.6. The molecule has 36 heavy (non-hydrogen) atoms. The maximum atomic E-state index is 13.6. The fourth-order valence-corrected chi connectivity index (χ4v) is 4.62. The van der Waals surface area contributed by atoms with Crippen molar-refractivity contribution in [2.24, 2.45) is 0 Å². The molecule has 4 aromatic rings. The highest BCUT2D eigenvalue weighted by Gasteiger charge is 2.31. The molecular formula is C29H22Cl3NO3. The van der Waals surface area contributed by atoms with E-state index in [1.807, 2.05) is 54.6 Å². The quantitative estimate of drug-likeness (QED) is 0.251. The second-order valence-electron chi connectivity index (χ2n) is 8.34. The average Bonchev–Trinajstić information content (AvgIpc) is 2.87. The number of halogens is 3. The number of carboxylic acids is 1. The number of hydrogen-bond acceptors (Lipinski definition) is 2. The maximum Gasteiger partial charge on any atom is 0.326 e. The SMILES string of the molecule is O=C(O)[C@@H](Cc1ccc(-c2ccccc2)cc1)N(Cc1ccc(Cl)cc1)C(=O)c1cc(Cl)cc(Cl)c1. The monoisotopic (exact) mass is 537 g/mol. The molecule has 7 heteroatoms. The van der Waals surface area contributed by atoms with Crippen molar-refractivity contribution in [1.82, 2.24) is 4.90 Å². The Bertz CT molecular complexity index is 1340. The molecule has 182 valence electrons. The summed E-state index contributed by atoms with van der Waals surface area (Å²) in [5.74, 6) is -1.60. The Morgan fingerprint density at radius 3 is 1.83 bits per heavy atom. The minimum Gasteiger partial charge on any atom is -0.480 e. The van der Waals surface area contributed by atoms with Crippen LogP contribution in [0.15, 0.2) is 97.1 Å². The zero-order valence-corrected chi connectivity index (χ0v) is 21.3. The van der Waals surface area contributed by atoms with Gasteiger partial charge in [-0.3, -0.25) is 4.79 Å². The van der Waals surface area contributed by atoms with Crippen LogP contribution in [0.3, 0.4) is 0 Å². The number of benzene rings is 4. The number of carboxylic acid groups (broad SMARTS) is 1. The first-order chi connectivity index (χ1) is 17.3. The van der Waals surface area contributed by atoms with Gasteiger partial charge in [0.25, 0.3) is 5.91 Å². The molecule has 0 aliphatic carbocycles. The summed E-state index contributed by atoms with van der Waals surface area (Å²) in [7, 11) is 0. The molecular weight excluding hydrogens is 517 g/mol. The van der Waals surface area contributed by atoms with Crippen molar-refractivity contribution < 1.29 is 14.7 Å². The molecule has 0 aromatic heterocycles. The predicted molar refractivity (Wildman–Crippen MR) is 145 cm³/mol. The summed E-state index contributed by atoms with van der Waals surface area (Å²) in [6.07, 6.45) is 0.123. The predicted octanol–water partition coefficient (Wildman–Crippen LogP) is 7.65. The topological polar surface area (TPSA) is 57.6 Å². The van der Waals surface area contributed by atoms with Crippen molar-refractivity contribution in [1.29, 1.82) is 0 Å². The second kappa shape index (κ2) is 11.6. The van der Waals surface area contributed by atoms with E-state index in [2.05, 4.69) is 0 Å². The molecule has 0 heterocycles. The van der Waals surface area contributed by atoms with Crippen LogP contribution in [-0.4, -0.2) is 27.9 Å². The van der Waals surface area contributed by atoms with Crippen LogP contribution >= 0.6 is 34.8 Å². The summed E-state index contributed by atoms with van der Waals surface area (Å²) in [5.41, 5.74) is 3.84. The third-order valence-electron chi connectivity index (χ3n) is 5.79. The Kier molecular flexibility index (Phi) is 8.32. The van der Waals surface area contributed by atoms with Crippen LogP contribution in [0, 0.1) is 0 Å². The molecule has 0 aliphatic rings. The minimum atomic E-state index is -1.13. The van der Waals surface area contributed by atoms with Gasteiger partial charge in [0.2, 0.25) is 0 Å². The molecule has 0 fully saturated rings. The molecule has 0 spiro atoms. The standard InChI is InChI=1S/C29H22Cl3NO3/c30-24-12-8-20(9-13-24)18-33(28(34)23-15-25(31)17-26(32)16-23)27(29(35)36)14-19-6-10-22(11-7-19)21-4-2-1-3-5-21/h1-13,15-17,27H,14,18H2,(H,35,36)/t27-/m1/s1. The van der Waals surface area contributed by atoms with Gasteiger partial charge in [0, 0.05) is 33.6 Å². The average molecular weight is 539 g/mol. The molecule has 0 radical (unpaired) electrons. The lowest BCUT2D eigenvalue weighted by molar-refractivity contribution is -0.142. The number of carbonyl (C=O) groups is 2. The van der Waals surface area contributed by atoms with Gasteiger partial charge in [0.1, 0.15) is 6.04 Å². The summed E-state index contributed by atoms with van der Waals surface area (Å²) in [6, 6.07) is 27.9. The number of carbonyl (C=O) groups excluding carboxylic acids is 1. The molecule has 0 bridgehead atoms. The first-order valence-electron chi connectivity index (χ1n) is 11.2. The van der Waals surface area contributed by atoms with Gasteiger partial charge in [-0.05, 0) is 52.6 Å². The summed E-state index contributed by atoms with van der Waals surface area (Å²) >= 11 is 18.3. The van der Waals surface area contributed by atoms with Gasteiger partial charge in [-0.25, -0.2) is 4.79 Å². The first-order valence-corrected chi connectivity index (χ1v) is 12.3. The van der Waals surface area contributed by atoms with E-state index in [0.717, 1.165) is 22.3 Å². The molecule has 1 N–H and O–H groups in total. The largest absolute Gasteiger partial charge is 0.480 e. The van der Waals surface area contributed by atoms with Crippen LogP contribution < -0.4 is 0 Å². The van der Waals surface area contributed by atoms with E-state index in [-0.39, 0.29) is 18.5 Å². The number of rotatable bonds is 8. The van der Waals surface area contributed by atoms with Crippen LogP contribution in [0.4, 0.5) is 0 Å². The van der Waals surface area contributed by atoms with E-state index in [4.69, 9.17) is 34.8 Å². The smallest absolute Gasteiger partial charge is 0.326 e. The summed E-state index contributed by atoms with van der Waals surface area (Å²) in [5, 5.41) is 11.3. The summed E-state index contributed by atoms with van der Waals surface area (Å²) in [4.78, 5) is 27.4. The number of amides is 1. The zero-order valence-electron chi connectivity index (χ0n) is 19.1. The Balaban J connectivity index is 1.66. The van der Waals surface area contributed by atoms with Crippen molar-refractivity contribution >= 4 is 46.7 Å². The van der Waals surface area contributed by atoms with E-state index in [0.29, 0.717) is 15.1 Å². The van der Waals surface area contributed by atoms with Crippen molar-refractivity contribution in [2.75, 3.05) is 0 Å². The highest BCUT2D eigenvalue weighted by Crippen LogP contribution is 2.25. The Hall–Kier alpha value is -3.31. The lowest BCUT2D eigenvalue weighted by atomic mass is 9.99. The van der Waals surface area contributed by atoms with Crippen LogP contribution in [0.2, 0.25) is 15.1 Å². The molecule has 1 atom stereocenters. The van der Waals surface area contributed by atoms with Gasteiger partial charge in [0.15, 0.2) is 0 Å². The third kappa shape index (κ3) is 6.46. The number of nitrogens with zero attached hydrogens (tertiary/aromatic N) is 1. The highest BCUT2D eigenvalue weighted by atomic mass is 35.5. The minimum absolute atomic E-state index is 0.0687. The van der Waals surface area contributed by atoms with E-state index in [1.165, 1.54) is 23.1 Å². The Morgan fingerprint density at radius 1 is 0.694 bits per heavy atom. The maximum absolute atomic E-state index is 13.6. The van der Waals surface area contributed by atoms with Crippen molar-refractivity contribution in [2.45, 2.75) is 19.0 Å². The van der Waals surface area contributed by atoms with Crippen LogP contribution in [0.5, 0.6) is 0 Å². The molecule has 4 rings (SSSR count). The molecule has 0 saturated heterocycles. The van der Waals surface area contributed by atoms with E-state index < -0.39 is 17.9 Å². The Labute approximate surface area is 224 Å². The second-order valence-corrected chi connectivity index (χ2v) is 9.65. The van der Waals surface area contributed by atoms with Gasteiger partial charge in [-0.2, -0.15) is 0 Å². The van der Waals surface area contributed by atoms with Crippen LogP contribution in [-0.2, 0) is 17.8 Å². The molecule has 4 aromatic carbocycles. The molecule has 0 unspecified atom stereocenters. The fourth-order valence-electron chi connectivity index (χ4n) is 3.97. The van der Waals surface area contributed by atoms with Gasteiger partial charge >= 0.3 is 5.97 Å².